The van der Waals surface area contributed by atoms with Crippen LogP contribution in [0.15, 0.2) is 53.6 Å². The molecule has 0 saturated carbocycles. The number of hydrazone groups is 1. The number of nitrogens with zero attached hydrogens (tertiary/aromatic N) is 1. The summed E-state index contributed by atoms with van der Waals surface area (Å²) in [7, 11) is 0. The number of nitrogens with one attached hydrogen (secondary N) is 2. The molecule has 0 fully saturated rings. The maximum absolute atomic E-state index is 12.9. The first kappa shape index (κ1) is 19.5. The molecule has 5 nitrogen and oxygen atoms in total. The third-order valence-corrected chi connectivity index (χ3v) is 3.41. The van der Waals surface area contributed by atoms with E-state index in [-0.39, 0.29) is 0 Å². The molecule has 0 aliphatic heterocycles. The molecule has 0 aliphatic rings. The lowest BCUT2D eigenvalue weighted by atomic mass is 10.1. The molecule has 0 heterocycles. The maximum atomic E-state index is 12.9. The van der Waals surface area contributed by atoms with Crippen LogP contribution in [0.1, 0.15) is 21.5 Å². The number of hydrogen-bond donors (Lipinski definition) is 2. The number of amides is 2. The average Bonchev–Trinajstić information content (AvgIpc) is 2.60. The Kier molecular flexibility index (Phi) is 6.35. The molecule has 0 bridgehead atoms. The molecular weight excluding hydrogens is 371 g/mol. The quantitative estimate of drug-likeness (QED) is 0.614. The SMILES string of the molecule is O=C(CNC(=O)c1ccccc1C(F)(F)F)N/N=C\c1ccc(Cl)cc1. The molecule has 0 aliphatic carbocycles. The van der Waals surface area contributed by atoms with Crippen LogP contribution < -0.4 is 10.7 Å². The largest absolute Gasteiger partial charge is 0.417 e. The fraction of sp³-hybridized carbons (Fsp3) is 0.118. The van der Waals surface area contributed by atoms with Gasteiger partial charge in [-0.25, -0.2) is 5.43 Å². The van der Waals surface area contributed by atoms with Crippen molar-refractivity contribution in [3.8, 4) is 0 Å². The highest BCUT2D eigenvalue weighted by molar-refractivity contribution is 6.30. The van der Waals surface area contributed by atoms with Crippen LogP contribution in [0.25, 0.3) is 0 Å². The van der Waals surface area contributed by atoms with Crippen LogP contribution in [0.4, 0.5) is 13.2 Å². The molecule has 9 heteroatoms. The number of alkyl halides is 3. The number of hydrogen-bond acceptors (Lipinski definition) is 3. The summed E-state index contributed by atoms with van der Waals surface area (Å²) in [5.41, 5.74) is 1.21. The molecule has 2 rings (SSSR count). The van der Waals surface area contributed by atoms with Gasteiger partial charge in [0.05, 0.1) is 23.9 Å². The first-order valence-corrected chi connectivity index (χ1v) is 7.67. The summed E-state index contributed by atoms with van der Waals surface area (Å²) in [6, 6.07) is 11.0. The van der Waals surface area contributed by atoms with Gasteiger partial charge in [0.25, 0.3) is 11.8 Å². The van der Waals surface area contributed by atoms with Gasteiger partial charge in [-0.3, -0.25) is 9.59 Å². The predicted octanol–water partition coefficient (Wildman–Crippen LogP) is 3.24. The van der Waals surface area contributed by atoms with Crippen molar-refractivity contribution in [2.24, 2.45) is 5.10 Å². The summed E-state index contributed by atoms with van der Waals surface area (Å²) in [5, 5.41) is 6.35. The zero-order chi connectivity index (χ0) is 19.2. The number of halogens is 4. The van der Waals surface area contributed by atoms with Crippen LogP contribution in [0, 0.1) is 0 Å². The molecule has 2 N–H and O–H groups in total. The predicted molar refractivity (Wildman–Crippen MR) is 91.0 cm³/mol. The van der Waals surface area contributed by atoms with Crippen molar-refractivity contribution in [2.45, 2.75) is 6.18 Å². The first-order valence-electron chi connectivity index (χ1n) is 7.29. The zero-order valence-corrected chi connectivity index (χ0v) is 13.9. The molecule has 0 spiro atoms. The number of carbonyl (C=O) groups excluding carboxylic acids is 2. The smallest absolute Gasteiger partial charge is 0.343 e. The topological polar surface area (TPSA) is 70.6 Å². The summed E-state index contributed by atoms with van der Waals surface area (Å²) in [6.45, 7) is -0.525. The summed E-state index contributed by atoms with van der Waals surface area (Å²) < 4.78 is 38.6. The van der Waals surface area contributed by atoms with Gasteiger partial charge >= 0.3 is 6.18 Å². The number of rotatable bonds is 5. The standard InChI is InChI=1S/C17H13ClF3N3O2/c18-12-7-5-11(6-8-12)9-23-24-15(25)10-22-16(26)13-3-1-2-4-14(13)17(19,20)21/h1-9H,10H2,(H,22,26)(H,24,25)/b23-9-. The van der Waals surface area contributed by atoms with Gasteiger partial charge in [-0.1, -0.05) is 35.9 Å². The molecule has 0 unspecified atom stereocenters. The molecule has 0 radical (unpaired) electrons. The molecule has 2 aromatic carbocycles. The highest BCUT2D eigenvalue weighted by atomic mass is 35.5. The van der Waals surface area contributed by atoms with Crippen LogP contribution in [0.3, 0.4) is 0 Å². The lowest BCUT2D eigenvalue weighted by Crippen LogP contribution is -2.35. The first-order chi connectivity index (χ1) is 12.3. The van der Waals surface area contributed by atoms with Gasteiger partial charge < -0.3 is 5.32 Å². The van der Waals surface area contributed by atoms with E-state index < -0.39 is 35.7 Å². The third-order valence-electron chi connectivity index (χ3n) is 3.16. The summed E-state index contributed by atoms with van der Waals surface area (Å²) in [5.74, 6) is -1.69. The number of carbonyl (C=O) groups is 2. The van der Waals surface area contributed by atoms with Crippen LogP contribution in [0.2, 0.25) is 5.02 Å². The molecule has 2 aromatic rings. The van der Waals surface area contributed by atoms with Crippen molar-refractivity contribution < 1.29 is 22.8 Å². The Balaban J connectivity index is 1.89. The lowest BCUT2D eigenvalue weighted by molar-refractivity contribution is -0.137. The van der Waals surface area contributed by atoms with Crippen LogP contribution in [-0.4, -0.2) is 24.6 Å². The summed E-state index contributed by atoms with van der Waals surface area (Å²) in [6.07, 6.45) is -3.31. The molecule has 2 amide bonds. The second kappa shape index (κ2) is 8.48. The average molecular weight is 384 g/mol. The van der Waals surface area contributed by atoms with Gasteiger partial charge in [-0.2, -0.15) is 18.3 Å². The minimum absolute atomic E-state index is 0.525. The van der Waals surface area contributed by atoms with Crippen molar-refractivity contribution in [3.63, 3.8) is 0 Å². The molecule has 0 saturated heterocycles. The van der Waals surface area contributed by atoms with E-state index >= 15 is 0 Å². The van der Waals surface area contributed by atoms with E-state index in [2.05, 4.69) is 15.8 Å². The minimum atomic E-state index is -4.67. The highest BCUT2D eigenvalue weighted by Crippen LogP contribution is 2.31. The Morgan fingerprint density at radius 2 is 1.73 bits per heavy atom. The maximum Gasteiger partial charge on any atom is 0.417 e. The van der Waals surface area contributed by atoms with Gasteiger partial charge in [0, 0.05) is 5.02 Å². The van der Waals surface area contributed by atoms with E-state index in [9.17, 15) is 22.8 Å². The van der Waals surface area contributed by atoms with Crippen LogP contribution in [0.5, 0.6) is 0 Å². The number of benzene rings is 2. The van der Waals surface area contributed by atoms with E-state index in [0.29, 0.717) is 10.6 Å². The summed E-state index contributed by atoms with van der Waals surface area (Å²) >= 11 is 5.73. The van der Waals surface area contributed by atoms with Crippen molar-refractivity contribution in [3.05, 3.63) is 70.2 Å². The van der Waals surface area contributed by atoms with E-state index in [1.165, 1.54) is 18.3 Å². The molecule has 136 valence electrons. The van der Waals surface area contributed by atoms with Crippen molar-refractivity contribution >= 4 is 29.6 Å². The van der Waals surface area contributed by atoms with Gasteiger partial charge in [0.1, 0.15) is 0 Å². The minimum Gasteiger partial charge on any atom is -0.343 e. The normalized spacial score (nSPS) is 11.4. The van der Waals surface area contributed by atoms with Gasteiger partial charge in [-0.05, 0) is 29.8 Å². The van der Waals surface area contributed by atoms with Crippen molar-refractivity contribution in [1.82, 2.24) is 10.7 Å². The van der Waals surface area contributed by atoms with Crippen LogP contribution >= 0.6 is 11.6 Å². The Morgan fingerprint density at radius 1 is 1.08 bits per heavy atom. The molecule has 0 aromatic heterocycles. The fourth-order valence-electron chi connectivity index (χ4n) is 1.95. The molecule has 0 atom stereocenters. The van der Waals surface area contributed by atoms with Crippen molar-refractivity contribution in [2.75, 3.05) is 6.54 Å². The zero-order valence-electron chi connectivity index (χ0n) is 13.2. The van der Waals surface area contributed by atoms with Gasteiger partial charge in [-0.15, -0.1) is 0 Å². The molecule has 26 heavy (non-hydrogen) atoms. The lowest BCUT2D eigenvalue weighted by Gasteiger charge is -2.12. The van der Waals surface area contributed by atoms with E-state index in [0.717, 1.165) is 12.1 Å². The van der Waals surface area contributed by atoms with Crippen molar-refractivity contribution in [1.29, 1.82) is 0 Å². The third kappa shape index (κ3) is 5.59. The fourth-order valence-corrected chi connectivity index (χ4v) is 2.08. The van der Waals surface area contributed by atoms with E-state index in [1.54, 1.807) is 24.3 Å². The molecular formula is C17H13ClF3N3O2. The highest BCUT2D eigenvalue weighted by Gasteiger charge is 2.34. The van der Waals surface area contributed by atoms with E-state index in [1.807, 2.05) is 0 Å². The Morgan fingerprint density at radius 3 is 2.38 bits per heavy atom. The van der Waals surface area contributed by atoms with E-state index in [4.69, 9.17) is 11.6 Å². The van der Waals surface area contributed by atoms with Gasteiger partial charge in [0.15, 0.2) is 0 Å². The Labute approximate surface area is 151 Å². The van der Waals surface area contributed by atoms with Crippen LogP contribution in [-0.2, 0) is 11.0 Å². The monoisotopic (exact) mass is 383 g/mol. The second-order valence-corrected chi connectivity index (χ2v) is 5.51. The Hall–Kier alpha value is -2.87. The summed E-state index contributed by atoms with van der Waals surface area (Å²) in [4.78, 5) is 23.5. The Bertz CT molecular complexity index is 821. The second-order valence-electron chi connectivity index (χ2n) is 5.07. The van der Waals surface area contributed by atoms with Gasteiger partial charge in [0.2, 0.25) is 0 Å².